The number of halogens is 1. The van der Waals surface area contributed by atoms with E-state index in [-0.39, 0.29) is 30.1 Å². The molecule has 0 fully saturated rings. The molecule has 3 aromatic rings. The number of aryl methyl sites for hydroxylation is 1. The maximum Gasteiger partial charge on any atom is 0.306 e. The number of ketones is 1. The van der Waals surface area contributed by atoms with Crippen LogP contribution < -0.4 is 10.6 Å². The zero-order chi connectivity index (χ0) is 24.5. The maximum atomic E-state index is 12.6. The highest BCUT2D eigenvalue weighted by atomic mass is 35.5. The molecular formula is C25H23ClN2O5S. The van der Waals surface area contributed by atoms with E-state index in [1.807, 2.05) is 31.2 Å². The van der Waals surface area contributed by atoms with Crippen LogP contribution in [0.4, 0.5) is 5.69 Å². The van der Waals surface area contributed by atoms with Gasteiger partial charge in [-0.15, -0.1) is 11.3 Å². The number of thiophene rings is 1. The molecule has 9 heteroatoms. The lowest BCUT2D eigenvalue weighted by atomic mass is 10.1. The van der Waals surface area contributed by atoms with Crippen molar-refractivity contribution in [2.45, 2.75) is 26.3 Å². The van der Waals surface area contributed by atoms with Gasteiger partial charge in [0, 0.05) is 13.0 Å². The summed E-state index contributed by atoms with van der Waals surface area (Å²) in [6, 6.07) is 17.6. The van der Waals surface area contributed by atoms with Crippen LogP contribution in [-0.2, 0) is 20.9 Å². The quantitative estimate of drug-likeness (QED) is 0.309. The van der Waals surface area contributed by atoms with E-state index in [0.717, 1.165) is 22.5 Å². The predicted octanol–water partition coefficient (Wildman–Crippen LogP) is 4.78. The van der Waals surface area contributed by atoms with Gasteiger partial charge in [0.05, 0.1) is 26.9 Å². The topological polar surface area (TPSA) is 102 Å². The highest BCUT2D eigenvalue weighted by Gasteiger charge is 2.16. The van der Waals surface area contributed by atoms with Gasteiger partial charge in [-0.25, -0.2) is 0 Å². The zero-order valence-corrected chi connectivity index (χ0v) is 20.0. The number of hydrogen-bond donors (Lipinski definition) is 2. The lowest BCUT2D eigenvalue weighted by molar-refractivity contribution is -0.147. The summed E-state index contributed by atoms with van der Waals surface area (Å²) in [6.45, 7) is 1.80. The van der Waals surface area contributed by atoms with Crippen molar-refractivity contribution in [3.8, 4) is 0 Å². The van der Waals surface area contributed by atoms with Gasteiger partial charge in [-0.05, 0) is 36.8 Å². The molecule has 0 saturated heterocycles. The van der Waals surface area contributed by atoms with Crippen molar-refractivity contribution in [2.75, 3.05) is 11.9 Å². The number of Topliss-reactive ketones (excluding diaryl/α,β-unsaturated/α-hetero) is 1. The molecule has 7 nitrogen and oxygen atoms in total. The number of carbonyl (C=O) groups is 4. The molecule has 0 aliphatic rings. The minimum atomic E-state index is -0.671. The molecule has 2 aromatic carbocycles. The molecule has 0 unspecified atom stereocenters. The number of carbonyl (C=O) groups excluding carboxylic acids is 4. The molecule has 0 spiro atoms. The summed E-state index contributed by atoms with van der Waals surface area (Å²) in [5, 5.41) is 5.41. The van der Waals surface area contributed by atoms with Crippen molar-refractivity contribution in [3.05, 3.63) is 86.6 Å². The highest BCUT2D eigenvalue weighted by molar-refractivity contribution is 7.18. The van der Waals surface area contributed by atoms with Crippen LogP contribution in [0.1, 0.15) is 44.0 Å². The molecule has 0 bridgehead atoms. The van der Waals surface area contributed by atoms with Crippen molar-refractivity contribution in [1.82, 2.24) is 5.32 Å². The minimum absolute atomic E-state index is 0.0404. The summed E-state index contributed by atoms with van der Waals surface area (Å²) in [5.41, 5.74) is 2.67. The Morgan fingerprint density at radius 1 is 0.941 bits per heavy atom. The molecule has 1 heterocycles. The second-order valence-corrected chi connectivity index (χ2v) is 9.16. The molecule has 1 aromatic heterocycles. The summed E-state index contributed by atoms with van der Waals surface area (Å²) >= 11 is 6.94. The van der Waals surface area contributed by atoms with Gasteiger partial charge < -0.3 is 15.4 Å². The van der Waals surface area contributed by atoms with E-state index >= 15 is 0 Å². The molecule has 176 valence electrons. The molecule has 0 aliphatic carbocycles. The Balaban J connectivity index is 1.47. The number of para-hydroxylation sites is 1. The summed E-state index contributed by atoms with van der Waals surface area (Å²) in [6.07, 6.45) is -0.194. The van der Waals surface area contributed by atoms with Gasteiger partial charge in [0.15, 0.2) is 12.4 Å². The first-order valence-electron chi connectivity index (χ1n) is 10.5. The molecule has 0 aliphatic heterocycles. The normalized spacial score (nSPS) is 10.4. The standard InChI is InChI=1S/C25H23ClN2O5S/c1-16-6-8-17(9-7-16)14-27-25(32)18-4-2-3-5-19(18)28-23(30)15-33-24(31)13-10-20(29)21-11-12-22(26)34-21/h2-9,11-12H,10,13-15H2,1H3,(H,27,32)(H,28,30). The number of nitrogens with one attached hydrogen (secondary N) is 2. The van der Waals surface area contributed by atoms with E-state index in [1.165, 1.54) is 0 Å². The van der Waals surface area contributed by atoms with Crippen LogP contribution in [0.3, 0.4) is 0 Å². The van der Waals surface area contributed by atoms with Crippen LogP contribution in [0.25, 0.3) is 0 Å². The van der Waals surface area contributed by atoms with Crippen molar-refractivity contribution >= 4 is 52.2 Å². The van der Waals surface area contributed by atoms with Crippen LogP contribution in [-0.4, -0.2) is 30.2 Å². The van der Waals surface area contributed by atoms with E-state index in [9.17, 15) is 19.2 Å². The number of benzene rings is 2. The van der Waals surface area contributed by atoms with Gasteiger partial charge >= 0.3 is 5.97 Å². The number of amides is 2. The first kappa shape index (κ1) is 25.1. The average molecular weight is 499 g/mol. The van der Waals surface area contributed by atoms with Crippen LogP contribution in [0.15, 0.2) is 60.7 Å². The third-order valence-electron chi connectivity index (χ3n) is 4.79. The fourth-order valence-corrected chi connectivity index (χ4v) is 3.99. The van der Waals surface area contributed by atoms with Crippen molar-refractivity contribution in [2.24, 2.45) is 0 Å². The van der Waals surface area contributed by atoms with E-state index in [4.69, 9.17) is 16.3 Å². The Hall–Kier alpha value is -3.49. The van der Waals surface area contributed by atoms with Crippen LogP contribution in [0, 0.1) is 6.92 Å². The Morgan fingerprint density at radius 2 is 1.68 bits per heavy atom. The SMILES string of the molecule is Cc1ccc(CNC(=O)c2ccccc2NC(=O)COC(=O)CCC(=O)c2ccc(Cl)s2)cc1. The Bertz CT molecular complexity index is 1190. The second-order valence-electron chi connectivity index (χ2n) is 7.45. The van der Waals surface area contributed by atoms with Gasteiger partial charge in [-0.2, -0.15) is 0 Å². The van der Waals surface area contributed by atoms with Gasteiger partial charge in [0.2, 0.25) is 0 Å². The Labute approximate surface area is 206 Å². The molecule has 3 rings (SSSR count). The average Bonchev–Trinajstić information content (AvgIpc) is 3.27. The van der Waals surface area contributed by atoms with Crippen molar-refractivity contribution < 1.29 is 23.9 Å². The lowest BCUT2D eigenvalue weighted by Gasteiger charge is -2.12. The first-order chi connectivity index (χ1) is 16.3. The van der Waals surface area contributed by atoms with E-state index in [1.54, 1.807) is 36.4 Å². The van der Waals surface area contributed by atoms with Crippen molar-refractivity contribution in [3.63, 3.8) is 0 Å². The molecule has 2 N–H and O–H groups in total. The van der Waals surface area contributed by atoms with Gasteiger partial charge in [-0.1, -0.05) is 53.6 Å². The minimum Gasteiger partial charge on any atom is -0.456 e. The highest BCUT2D eigenvalue weighted by Crippen LogP contribution is 2.23. The monoisotopic (exact) mass is 498 g/mol. The lowest BCUT2D eigenvalue weighted by Crippen LogP contribution is -2.26. The Morgan fingerprint density at radius 3 is 2.38 bits per heavy atom. The second kappa shape index (κ2) is 12.1. The van der Waals surface area contributed by atoms with Crippen LogP contribution >= 0.6 is 22.9 Å². The molecule has 0 radical (unpaired) electrons. The molecular weight excluding hydrogens is 476 g/mol. The largest absolute Gasteiger partial charge is 0.456 e. The molecule has 2 amide bonds. The van der Waals surface area contributed by atoms with E-state index in [2.05, 4.69) is 10.6 Å². The number of anilines is 1. The third kappa shape index (κ3) is 7.54. The first-order valence-corrected chi connectivity index (χ1v) is 11.7. The number of esters is 1. The zero-order valence-electron chi connectivity index (χ0n) is 18.4. The van der Waals surface area contributed by atoms with Crippen molar-refractivity contribution in [1.29, 1.82) is 0 Å². The van der Waals surface area contributed by atoms with E-state index < -0.39 is 18.5 Å². The molecule has 0 saturated carbocycles. The molecule has 0 atom stereocenters. The summed E-state index contributed by atoms with van der Waals surface area (Å²) in [4.78, 5) is 49.3. The number of hydrogen-bond acceptors (Lipinski definition) is 6. The van der Waals surface area contributed by atoms with Gasteiger partial charge in [-0.3, -0.25) is 19.2 Å². The Kier molecular flexibility index (Phi) is 8.95. The number of rotatable bonds is 10. The summed E-state index contributed by atoms with van der Waals surface area (Å²) < 4.78 is 5.45. The smallest absolute Gasteiger partial charge is 0.306 e. The van der Waals surface area contributed by atoms with Crippen LogP contribution in [0.5, 0.6) is 0 Å². The predicted molar refractivity (Wildman–Crippen MR) is 131 cm³/mol. The summed E-state index contributed by atoms with van der Waals surface area (Å²) in [5.74, 6) is -1.83. The third-order valence-corrected chi connectivity index (χ3v) is 6.06. The summed E-state index contributed by atoms with van der Waals surface area (Å²) in [7, 11) is 0. The maximum absolute atomic E-state index is 12.6. The van der Waals surface area contributed by atoms with E-state index in [0.29, 0.717) is 21.4 Å². The number of ether oxygens (including phenoxy) is 1. The fourth-order valence-electron chi connectivity index (χ4n) is 2.98. The fraction of sp³-hybridized carbons (Fsp3) is 0.200. The van der Waals surface area contributed by atoms with Gasteiger partial charge in [0.25, 0.3) is 11.8 Å². The molecule has 34 heavy (non-hydrogen) atoms. The van der Waals surface area contributed by atoms with Gasteiger partial charge in [0.1, 0.15) is 0 Å². The van der Waals surface area contributed by atoms with Crippen LogP contribution in [0.2, 0.25) is 4.34 Å².